The van der Waals surface area contributed by atoms with Gasteiger partial charge in [0.15, 0.2) is 11.5 Å². The van der Waals surface area contributed by atoms with Crippen LogP contribution in [0.1, 0.15) is 59.5 Å². The number of benzene rings is 2. The standard InChI is InChI=1S/C22H27NO3/c1-15-13-20(25-2)21(26-3)14-19(15)23-22(24)18-11-9-17(10-12-18)16-7-5-4-6-8-16/h9-14,16H,4-8H2,1-3H3,(H,23,24). The summed E-state index contributed by atoms with van der Waals surface area (Å²) in [6.07, 6.45) is 6.49. The molecule has 2 aromatic carbocycles. The van der Waals surface area contributed by atoms with Crippen LogP contribution in [0.3, 0.4) is 0 Å². The molecule has 0 atom stereocenters. The van der Waals surface area contributed by atoms with Gasteiger partial charge in [-0.05, 0) is 55.0 Å². The fraction of sp³-hybridized carbons (Fsp3) is 0.409. The first kappa shape index (κ1) is 18.3. The van der Waals surface area contributed by atoms with E-state index in [0.717, 1.165) is 11.3 Å². The van der Waals surface area contributed by atoms with E-state index in [-0.39, 0.29) is 5.91 Å². The van der Waals surface area contributed by atoms with Crippen molar-refractivity contribution < 1.29 is 14.3 Å². The van der Waals surface area contributed by atoms with Gasteiger partial charge < -0.3 is 14.8 Å². The molecular formula is C22H27NO3. The highest BCUT2D eigenvalue weighted by atomic mass is 16.5. The summed E-state index contributed by atoms with van der Waals surface area (Å²) in [5.74, 6) is 1.78. The number of carbonyl (C=O) groups is 1. The van der Waals surface area contributed by atoms with Crippen LogP contribution in [0.2, 0.25) is 0 Å². The Hall–Kier alpha value is -2.49. The maximum Gasteiger partial charge on any atom is 0.255 e. The fourth-order valence-corrected chi connectivity index (χ4v) is 3.65. The summed E-state index contributed by atoms with van der Waals surface area (Å²) < 4.78 is 10.6. The topological polar surface area (TPSA) is 47.6 Å². The van der Waals surface area contributed by atoms with Gasteiger partial charge in [0.1, 0.15) is 0 Å². The van der Waals surface area contributed by atoms with Gasteiger partial charge in [0, 0.05) is 17.3 Å². The molecule has 0 aliphatic heterocycles. The van der Waals surface area contributed by atoms with E-state index in [1.165, 1.54) is 37.7 Å². The van der Waals surface area contributed by atoms with Crippen LogP contribution in [0.15, 0.2) is 36.4 Å². The van der Waals surface area contributed by atoms with Gasteiger partial charge in [0.2, 0.25) is 0 Å². The second-order valence-electron chi connectivity index (χ2n) is 6.93. The van der Waals surface area contributed by atoms with E-state index in [2.05, 4.69) is 17.4 Å². The maximum atomic E-state index is 12.6. The zero-order chi connectivity index (χ0) is 18.5. The van der Waals surface area contributed by atoms with Gasteiger partial charge in [-0.1, -0.05) is 31.4 Å². The predicted molar refractivity (Wildman–Crippen MR) is 105 cm³/mol. The zero-order valence-corrected chi connectivity index (χ0v) is 15.8. The van der Waals surface area contributed by atoms with E-state index >= 15 is 0 Å². The summed E-state index contributed by atoms with van der Waals surface area (Å²) in [4.78, 5) is 12.6. The Morgan fingerprint density at radius 1 is 0.962 bits per heavy atom. The molecule has 1 aliphatic carbocycles. The summed E-state index contributed by atoms with van der Waals surface area (Å²) >= 11 is 0. The summed E-state index contributed by atoms with van der Waals surface area (Å²) in [5, 5.41) is 2.98. The second kappa shape index (κ2) is 8.26. The normalized spacial score (nSPS) is 14.7. The molecule has 0 radical (unpaired) electrons. The van der Waals surface area contributed by atoms with Crippen LogP contribution < -0.4 is 14.8 Å². The molecule has 1 fully saturated rings. The number of anilines is 1. The Labute approximate surface area is 155 Å². The minimum Gasteiger partial charge on any atom is -0.493 e. The average molecular weight is 353 g/mol. The number of rotatable bonds is 5. The van der Waals surface area contributed by atoms with Gasteiger partial charge in [-0.3, -0.25) is 4.79 Å². The van der Waals surface area contributed by atoms with E-state index in [0.29, 0.717) is 23.0 Å². The number of amides is 1. The average Bonchev–Trinajstić information content (AvgIpc) is 2.69. The van der Waals surface area contributed by atoms with Crippen LogP contribution in [0.25, 0.3) is 0 Å². The van der Waals surface area contributed by atoms with Crippen molar-refractivity contribution in [3.8, 4) is 11.5 Å². The Morgan fingerprint density at radius 2 is 1.58 bits per heavy atom. The maximum absolute atomic E-state index is 12.6. The Bertz CT molecular complexity index is 762. The van der Waals surface area contributed by atoms with Crippen molar-refractivity contribution in [1.82, 2.24) is 0 Å². The zero-order valence-electron chi connectivity index (χ0n) is 15.8. The number of aryl methyl sites for hydroxylation is 1. The first-order valence-electron chi connectivity index (χ1n) is 9.26. The van der Waals surface area contributed by atoms with E-state index in [1.54, 1.807) is 20.3 Å². The van der Waals surface area contributed by atoms with Gasteiger partial charge in [-0.25, -0.2) is 0 Å². The van der Waals surface area contributed by atoms with Crippen molar-refractivity contribution in [2.45, 2.75) is 44.9 Å². The molecule has 1 aliphatic rings. The van der Waals surface area contributed by atoms with E-state index in [1.807, 2.05) is 25.1 Å². The summed E-state index contributed by atoms with van der Waals surface area (Å²) in [5.41, 5.74) is 3.67. The van der Waals surface area contributed by atoms with Crippen LogP contribution in [0, 0.1) is 6.92 Å². The molecule has 0 saturated heterocycles. The van der Waals surface area contributed by atoms with Crippen LogP contribution in [0.5, 0.6) is 11.5 Å². The second-order valence-corrected chi connectivity index (χ2v) is 6.93. The van der Waals surface area contributed by atoms with Gasteiger partial charge in [0.25, 0.3) is 5.91 Å². The molecule has 4 nitrogen and oxygen atoms in total. The van der Waals surface area contributed by atoms with E-state index in [9.17, 15) is 4.79 Å². The lowest BCUT2D eigenvalue weighted by molar-refractivity contribution is 0.102. The Balaban J connectivity index is 1.73. The monoisotopic (exact) mass is 353 g/mol. The third-order valence-electron chi connectivity index (χ3n) is 5.23. The van der Waals surface area contributed by atoms with Crippen LogP contribution in [-0.2, 0) is 0 Å². The molecule has 26 heavy (non-hydrogen) atoms. The molecular weight excluding hydrogens is 326 g/mol. The minimum atomic E-state index is -0.115. The molecule has 1 amide bonds. The van der Waals surface area contributed by atoms with E-state index in [4.69, 9.17) is 9.47 Å². The van der Waals surface area contributed by atoms with E-state index < -0.39 is 0 Å². The Kier molecular flexibility index (Phi) is 5.82. The lowest BCUT2D eigenvalue weighted by Gasteiger charge is -2.22. The lowest BCUT2D eigenvalue weighted by atomic mass is 9.84. The molecule has 0 bridgehead atoms. The summed E-state index contributed by atoms with van der Waals surface area (Å²) in [6.45, 7) is 1.93. The summed E-state index contributed by atoms with van der Waals surface area (Å²) in [7, 11) is 3.19. The van der Waals surface area contributed by atoms with Crippen molar-refractivity contribution in [2.24, 2.45) is 0 Å². The van der Waals surface area contributed by atoms with Gasteiger partial charge >= 0.3 is 0 Å². The molecule has 3 rings (SSSR count). The number of carbonyl (C=O) groups excluding carboxylic acids is 1. The van der Waals surface area contributed by atoms with Crippen molar-refractivity contribution in [1.29, 1.82) is 0 Å². The van der Waals surface area contributed by atoms with Crippen molar-refractivity contribution in [3.05, 3.63) is 53.1 Å². The number of nitrogens with one attached hydrogen (secondary N) is 1. The first-order valence-corrected chi connectivity index (χ1v) is 9.26. The molecule has 0 heterocycles. The van der Waals surface area contributed by atoms with Crippen LogP contribution in [-0.4, -0.2) is 20.1 Å². The van der Waals surface area contributed by atoms with Crippen molar-refractivity contribution in [3.63, 3.8) is 0 Å². The quantitative estimate of drug-likeness (QED) is 0.792. The van der Waals surface area contributed by atoms with Crippen LogP contribution in [0.4, 0.5) is 5.69 Å². The molecule has 0 unspecified atom stereocenters. The number of hydrogen-bond donors (Lipinski definition) is 1. The molecule has 1 saturated carbocycles. The Morgan fingerprint density at radius 3 is 2.19 bits per heavy atom. The third kappa shape index (κ3) is 4.01. The highest BCUT2D eigenvalue weighted by Crippen LogP contribution is 2.34. The molecule has 138 valence electrons. The van der Waals surface area contributed by atoms with Crippen molar-refractivity contribution in [2.75, 3.05) is 19.5 Å². The SMILES string of the molecule is COc1cc(C)c(NC(=O)c2ccc(C3CCCCC3)cc2)cc1OC. The highest BCUT2D eigenvalue weighted by molar-refractivity contribution is 6.04. The summed E-state index contributed by atoms with van der Waals surface area (Å²) in [6, 6.07) is 11.7. The first-order chi connectivity index (χ1) is 12.6. The predicted octanol–water partition coefficient (Wildman–Crippen LogP) is 5.31. The minimum absolute atomic E-state index is 0.115. The molecule has 2 aromatic rings. The fourth-order valence-electron chi connectivity index (χ4n) is 3.65. The third-order valence-corrected chi connectivity index (χ3v) is 5.23. The molecule has 0 aromatic heterocycles. The number of ether oxygens (including phenoxy) is 2. The largest absolute Gasteiger partial charge is 0.493 e. The molecule has 4 heteroatoms. The smallest absolute Gasteiger partial charge is 0.255 e. The lowest BCUT2D eigenvalue weighted by Crippen LogP contribution is -2.13. The van der Waals surface area contributed by atoms with Crippen LogP contribution >= 0.6 is 0 Å². The number of hydrogen-bond acceptors (Lipinski definition) is 3. The number of methoxy groups -OCH3 is 2. The van der Waals surface area contributed by atoms with Gasteiger partial charge in [-0.15, -0.1) is 0 Å². The molecule has 1 N–H and O–H groups in total. The van der Waals surface area contributed by atoms with Gasteiger partial charge in [-0.2, -0.15) is 0 Å². The molecule has 0 spiro atoms. The van der Waals surface area contributed by atoms with Gasteiger partial charge in [0.05, 0.1) is 14.2 Å². The highest BCUT2D eigenvalue weighted by Gasteiger charge is 2.16. The van der Waals surface area contributed by atoms with Crippen molar-refractivity contribution >= 4 is 11.6 Å².